The first-order valence-electron chi connectivity index (χ1n) is 8.62. The van der Waals surface area contributed by atoms with Crippen LogP contribution in [-0.2, 0) is 14.3 Å². The van der Waals surface area contributed by atoms with E-state index in [0.717, 1.165) is 44.1 Å². The lowest BCUT2D eigenvalue weighted by Gasteiger charge is -2.29. The van der Waals surface area contributed by atoms with Crippen LogP contribution in [0, 0.1) is 0 Å². The summed E-state index contributed by atoms with van der Waals surface area (Å²) >= 11 is 0. The molecule has 2 heterocycles. The van der Waals surface area contributed by atoms with Gasteiger partial charge in [-0.1, -0.05) is 30.3 Å². The molecule has 0 bridgehead atoms. The average Bonchev–Trinajstić information content (AvgIpc) is 2.65. The summed E-state index contributed by atoms with van der Waals surface area (Å²) in [5.41, 5.74) is 4.89. The summed E-state index contributed by atoms with van der Waals surface area (Å²) in [5.74, 6) is -0.272. The normalized spacial score (nSPS) is 18.5. The number of hydrogen-bond donors (Lipinski definition) is 2. The fourth-order valence-electron chi connectivity index (χ4n) is 2.86. The second-order valence-corrected chi connectivity index (χ2v) is 6.08. The van der Waals surface area contributed by atoms with Crippen molar-refractivity contribution in [2.75, 3.05) is 45.9 Å². The molecule has 1 aromatic carbocycles. The van der Waals surface area contributed by atoms with Crippen molar-refractivity contribution in [2.24, 2.45) is 0 Å². The van der Waals surface area contributed by atoms with Gasteiger partial charge in [0.25, 0.3) is 0 Å². The van der Waals surface area contributed by atoms with Gasteiger partial charge in [0, 0.05) is 32.6 Å². The van der Waals surface area contributed by atoms with Gasteiger partial charge >= 0.3 is 0 Å². The highest BCUT2D eigenvalue weighted by Gasteiger charge is 2.22. The smallest absolute Gasteiger partial charge is 0.245 e. The number of nitrogens with one attached hydrogen (secondary N) is 2. The van der Waals surface area contributed by atoms with E-state index in [2.05, 4.69) is 15.6 Å². The zero-order valence-electron chi connectivity index (χ0n) is 14.2. The van der Waals surface area contributed by atoms with Crippen molar-refractivity contribution in [3.63, 3.8) is 0 Å². The highest BCUT2D eigenvalue weighted by Crippen LogP contribution is 2.16. The molecule has 2 aliphatic heterocycles. The van der Waals surface area contributed by atoms with Crippen molar-refractivity contribution in [1.29, 1.82) is 0 Å². The first-order chi connectivity index (χ1) is 12.2. The Balaban J connectivity index is 1.45. The number of rotatable bonds is 6. The minimum Gasteiger partial charge on any atom is -0.379 e. The number of nitrogens with zero attached hydrogens (tertiary/aromatic N) is 2. The average molecular weight is 344 g/mol. The van der Waals surface area contributed by atoms with Crippen LogP contribution in [0.15, 0.2) is 36.4 Å². The van der Waals surface area contributed by atoms with Gasteiger partial charge in [-0.15, -0.1) is 0 Å². The first-order valence-corrected chi connectivity index (χ1v) is 8.62. The van der Waals surface area contributed by atoms with E-state index in [1.54, 1.807) is 0 Å². The summed E-state index contributed by atoms with van der Waals surface area (Å²) in [6.07, 6.45) is 2.14. The van der Waals surface area contributed by atoms with Crippen LogP contribution < -0.4 is 10.7 Å². The minimum atomic E-state index is -0.163. The molecule has 0 spiro atoms. The predicted octanol–water partition coefficient (Wildman–Crippen LogP) is 0.213. The van der Waals surface area contributed by atoms with Gasteiger partial charge < -0.3 is 10.1 Å². The van der Waals surface area contributed by atoms with E-state index in [9.17, 15) is 9.59 Å². The summed E-state index contributed by atoms with van der Waals surface area (Å²) in [7, 11) is 0. The molecule has 0 atom stereocenters. The molecule has 7 heteroatoms. The Hall–Kier alpha value is -2.38. The van der Waals surface area contributed by atoms with Crippen LogP contribution in [0.5, 0.6) is 0 Å². The molecule has 7 nitrogen and oxygen atoms in total. The highest BCUT2D eigenvalue weighted by atomic mass is 16.5. The fourth-order valence-corrected chi connectivity index (χ4v) is 2.86. The molecule has 1 saturated heterocycles. The van der Waals surface area contributed by atoms with Gasteiger partial charge in [0.2, 0.25) is 11.8 Å². The summed E-state index contributed by atoms with van der Waals surface area (Å²) in [4.78, 5) is 26.4. The largest absolute Gasteiger partial charge is 0.379 e. The van der Waals surface area contributed by atoms with Gasteiger partial charge in [-0.3, -0.25) is 19.9 Å². The zero-order valence-corrected chi connectivity index (χ0v) is 14.2. The van der Waals surface area contributed by atoms with E-state index >= 15 is 0 Å². The number of ether oxygens (including phenoxy) is 1. The van der Waals surface area contributed by atoms with E-state index in [-0.39, 0.29) is 24.8 Å². The standard InChI is InChI=1S/C18H24N4O3/c23-17(19-8-9-21-10-12-25-13-11-21)14-22-18(24)7-6-16(20-22)15-4-2-1-3-5-15/h1-6,20H,7-14H2,(H,19,23). The Kier molecular flexibility index (Phi) is 6.03. The van der Waals surface area contributed by atoms with Crippen molar-refractivity contribution >= 4 is 17.5 Å². The molecule has 3 rings (SSSR count). The van der Waals surface area contributed by atoms with Crippen molar-refractivity contribution in [2.45, 2.75) is 6.42 Å². The molecule has 134 valence electrons. The van der Waals surface area contributed by atoms with Crippen molar-refractivity contribution in [3.8, 4) is 0 Å². The Morgan fingerprint density at radius 2 is 1.96 bits per heavy atom. The molecule has 0 aromatic heterocycles. The van der Waals surface area contributed by atoms with Crippen LogP contribution in [0.3, 0.4) is 0 Å². The second kappa shape index (κ2) is 8.64. The van der Waals surface area contributed by atoms with Gasteiger partial charge in [-0.05, 0) is 11.6 Å². The third-order valence-electron chi connectivity index (χ3n) is 4.28. The Labute approximate surface area is 147 Å². The van der Waals surface area contributed by atoms with Crippen molar-refractivity contribution in [1.82, 2.24) is 20.7 Å². The number of benzene rings is 1. The maximum Gasteiger partial charge on any atom is 0.245 e. The monoisotopic (exact) mass is 344 g/mol. The first kappa shape index (κ1) is 17.4. The third kappa shape index (κ3) is 5.04. The molecule has 2 amide bonds. The second-order valence-electron chi connectivity index (χ2n) is 6.08. The molecule has 1 fully saturated rings. The third-order valence-corrected chi connectivity index (χ3v) is 4.28. The van der Waals surface area contributed by atoms with Gasteiger partial charge in [0.15, 0.2) is 0 Å². The number of hydrogen-bond acceptors (Lipinski definition) is 5. The summed E-state index contributed by atoms with van der Waals surface area (Å²) in [6.45, 7) is 4.66. The lowest BCUT2D eigenvalue weighted by Crippen LogP contribution is -2.50. The molecule has 2 aliphatic rings. The summed E-state index contributed by atoms with van der Waals surface area (Å²) in [6, 6.07) is 9.76. The molecule has 25 heavy (non-hydrogen) atoms. The predicted molar refractivity (Wildman–Crippen MR) is 94.2 cm³/mol. The van der Waals surface area contributed by atoms with E-state index in [0.29, 0.717) is 6.54 Å². The minimum absolute atomic E-state index is 0.00607. The maximum atomic E-state index is 12.1. The van der Waals surface area contributed by atoms with Crippen LogP contribution in [0.2, 0.25) is 0 Å². The summed E-state index contributed by atoms with van der Waals surface area (Å²) < 4.78 is 5.30. The molecule has 1 aromatic rings. The number of amides is 2. The number of morpholine rings is 1. The van der Waals surface area contributed by atoms with Crippen LogP contribution in [0.4, 0.5) is 0 Å². The lowest BCUT2D eigenvalue weighted by molar-refractivity contribution is -0.137. The Bertz CT molecular complexity index is 626. The molecule has 0 aliphatic carbocycles. The van der Waals surface area contributed by atoms with Gasteiger partial charge in [0.1, 0.15) is 6.54 Å². The van der Waals surface area contributed by atoms with Crippen LogP contribution in [-0.4, -0.2) is 67.7 Å². The van der Waals surface area contributed by atoms with Crippen molar-refractivity contribution in [3.05, 3.63) is 42.0 Å². The molecule has 0 radical (unpaired) electrons. The van der Waals surface area contributed by atoms with Gasteiger partial charge in [-0.2, -0.15) is 0 Å². The quantitative estimate of drug-likeness (QED) is 0.772. The Morgan fingerprint density at radius 3 is 2.72 bits per heavy atom. The highest BCUT2D eigenvalue weighted by molar-refractivity contribution is 5.88. The van der Waals surface area contributed by atoms with Gasteiger partial charge in [0.05, 0.1) is 18.9 Å². The van der Waals surface area contributed by atoms with E-state index in [4.69, 9.17) is 4.74 Å². The number of hydrazine groups is 1. The molecule has 0 saturated carbocycles. The van der Waals surface area contributed by atoms with Gasteiger partial charge in [-0.25, -0.2) is 5.01 Å². The van der Waals surface area contributed by atoms with Crippen molar-refractivity contribution < 1.29 is 14.3 Å². The molecule has 2 N–H and O–H groups in total. The zero-order chi connectivity index (χ0) is 17.5. The SMILES string of the molecule is O=C(CN1NC(c2ccccc2)=CCC1=O)NCCN1CCOCC1. The van der Waals surface area contributed by atoms with Crippen LogP contribution >= 0.6 is 0 Å². The van der Waals surface area contributed by atoms with E-state index < -0.39 is 0 Å². The van der Waals surface area contributed by atoms with Crippen LogP contribution in [0.25, 0.3) is 5.70 Å². The molecular weight excluding hydrogens is 320 g/mol. The summed E-state index contributed by atoms with van der Waals surface area (Å²) in [5, 5.41) is 4.26. The fraction of sp³-hybridized carbons (Fsp3) is 0.444. The van der Waals surface area contributed by atoms with E-state index in [1.165, 1.54) is 5.01 Å². The number of carbonyl (C=O) groups is 2. The Morgan fingerprint density at radius 1 is 1.20 bits per heavy atom. The van der Waals surface area contributed by atoms with Crippen LogP contribution in [0.1, 0.15) is 12.0 Å². The molecule has 0 unspecified atom stereocenters. The molecular formula is C18H24N4O3. The lowest BCUT2D eigenvalue weighted by atomic mass is 10.1. The maximum absolute atomic E-state index is 12.1. The van der Waals surface area contributed by atoms with E-state index in [1.807, 2.05) is 36.4 Å². The topological polar surface area (TPSA) is 73.9 Å². The number of carbonyl (C=O) groups excluding carboxylic acids is 2.